The summed E-state index contributed by atoms with van der Waals surface area (Å²) in [4.78, 5) is 10.0. The highest BCUT2D eigenvalue weighted by Crippen LogP contribution is 1.94. The first-order valence-electron chi connectivity index (χ1n) is 3.67. The van der Waals surface area contributed by atoms with E-state index in [2.05, 4.69) is 0 Å². The van der Waals surface area contributed by atoms with Crippen LogP contribution in [0.1, 0.15) is 19.3 Å². The third kappa shape index (κ3) is 9.39. The lowest BCUT2D eigenvalue weighted by Crippen LogP contribution is -2.01. The maximum Gasteiger partial charge on any atom is 0.303 e. The van der Waals surface area contributed by atoms with Crippen molar-refractivity contribution in [2.75, 3.05) is 19.8 Å². The van der Waals surface area contributed by atoms with Crippen LogP contribution in [0.25, 0.3) is 0 Å². The molecule has 0 rings (SSSR count). The van der Waals surface area contributed by atoms with Crippen LogP contribution in [0.2, 0.25) is 0 Å². The zero-order chi connectivity index (χ0) is 8.53. The predicted octanol–water partition coefficient (Wildman–Crippen LogP) is 0.250. The Morgan fingerprint density at radius 1 is 1.27 bits per heavy atom. The summed E-state index contributed by atoms with van der Waals surface area (Å²) in [5.74, 6) is -0.771. The van der Waals surface area contributed by atoms with E-state index in [0.717, 1.165) is 6.42 Å². The smallest absolute Gasteiger partial charge is 0.303 e. The molecular weight excluding hydrogens is 148 g/mol. The third-order valence-corrected chi connectivity index (χ3v) is 1.16. The van der Waals surface area contributed by atoms with Gasteiger partial charge in [-0.15, -0.1) is 0 Å². The van der Waals surface area contributed by atoms with Crippen LogP contribution in [0.4, 0.5) is 0 Å². The topological polar surface area (TPSA) is 66.8 Å². The van der Waals surface area contributed by atoms with E-state index in [1.54, 1.807) is 0 Å². The van der Waals surface area contributed by atoms with Crippen molar-refractivity contribution in [3.05, 3.63) is 0 Å². The van der Waals surface area contributed by atoms with Crippen LogP contribution in [0, 0.1) is 0 Å². The van der Waals surface area contributed by atoms with Gasteiger partial charge in [0.05, 0.1) is 13.2 Å². The molecule has 0 bridgehead atoms. The highest BCUT2D eigenvalue weighted by molar-refractivity contribution is 5.66. The quantitative estimate of drug-likeness (QED) is 0.526. The van der Waals surface area contributed by atoms with Gasteiger partial charge in [0.2, 0.25) is 0 Å². The summed E-state index contributed by atoms with van der Waals surface area (Å²) in [6.07, 6.45) is 1.58. The first kappa shape index (κ1) is 10.4. The van der Waals surface area contributed by atoms with Crippen LogP contribution in [0.3, 0.4) is 0 Å². The van der Waals surface area contributed by atoms with Crippen molar-refractivity contribution in [1.82, 2.24) is 0 Å². The molecule has 0 amide bonds. The average molecular weight is 162 g/mol. The molecular formula is C7H14O4. The van der Waals surface area contributed by atoms with E-state index in [1.165, 1.54) is 0 Å². The molecule has 11 heavy (non-hydrogen) atoms. The second-order valence-electron chi connectivity index (χ2n) is 2.19. The molecule has 66 valence electrons. The maximum absolute atomic E-state index is 10.0. The van der Waals surface area contributed by atoms with Gasteiger partial charge in [-0.05, 0) is 12.8 Å². The summed E-state index contributed by atoms with van der Waals surface area (Å²) < 4.78 is 4.92. The average Bonchev–Trinajstić information content (AvgIpc) is 1.96. The minimum Gasteiger partial charge on any atom is -0.481 e. The van der Waals surface area contributed by atoms with E-state index in [1.807, 2.05) is 0 Å². The number of ether oxygens (including phenoxy) is 1. The minimum absolute atomic E-state index is 0.0267. The Hall–Kier alpha value is -0.610. The van der Waals surface area contributed by atoms with Crippen molar-refractivity contribution >= 4 is 5.97 Å². The Morgan fingerprint density at radius 3 is 2.55 bits per heavy atom. The van der Waals surface area contributed by atoms with Crippen molar-refractivity contribution in [2.45, 2.75) is 19.3 Å². The van der Waals surface area contributed by atoms with Gasteiger partial charge >= 0.3 is 5.97 Å². The van der Waals surface area contributed by atoms with Crippen LogP contribution < -0.4 is 0 Å². The highest BCUT2D eigenvalue weighted by Gasteiger charge is 1.95. The lowest BCUT2D eigenvalue weighted by Gasteiger charge is -1.99. The van der Waals surface area contributed by atoms with E-state index in [-0.39, 0.29) is 13.0 Å². The van der Waals surface area contributed by atoms with Crippen LogP contribution in [0.5, 0.6) is 0 Å². The Kier molecular flexibility index (Phi) is 7.08. The third-order valence-electron chi connectivity index (χ3n) is 1.16. The normalized spacial score (nSPS) is 9.91. The molecule has 2 N–H and O–H groups in total. The number of hydrogen-bond acceptors (Lipinski definition) is 3. The number of carbonyl (C=O) groups is 1. The van der Waals surface area contributed by atoms with E-state index < -0.39 is 5.97 Å². The summed E-state index contributed by atoms with van der Waals surface area (Å²) in [5, 5.41) is 16.5. The summed E-state index contributed by atoms with van der Waals surface area (Å²) in [5.41, 5.74) is 0. The Bertz CT molecular complexity index is 103. The second-order valence-corrected chi connectivity index (χ2v) is 2.19. The zero-order valence-electron chi connectivity index (χ0n) is 6.45. The number of aliphatic hydroxyl groups is 1. The fraction of sp³-hybridized carbons (Fsp3) is 0.857. The van der Waals surface area contributed by atoms with Crippen molar-refractivity contribution in [3.63, 3.8) is 0 Å². The van der Waals surface area contributed by atoms with Gasteiger partial charge in [-0.2, -0.15) is 0 Å². The molecule has 0 radical (unpaired) electrons. The molecule has 4 nitrogen and oxygen atoms in total. The molecule has 0 heterocycles. The maximum atomic E-state index is 10.0. The zero-order valence-corrected chi connectivity index (χ0v) is 6.45. The number of unbranched alkanes of at least 4 members (excludes halogenated alkanes) is 1. The van der Waals surface area contributed by atoms with Crippen molar-refractivity contribution in [1.29, 1.82) is 0 Å². The van der Waals surface area contributed by atoms with Crippen LogP contribution in [-0.4, -0.2) is 36.0 Å². The lowest BCUT2D eigenvalue weighted by atomic mass is 10.2. The number of aliphatic hydroxyl groups excluding tert-OH is 1. The molecule has 0 spiro atoms. The molecule has 0 atom stereocenters. The summed E-state index contributed by atoms with van der Waals surface area (Å²) in [7, 11) is 0. The highest BCUT2D eigenvalue weighted by atomic mass is 16.5. The van der Waals surface area contributed by atoms with Crippen molar-refractivity contribution in [3.8, 4) is 0 Å². The van der Waals surface area contributed by atoms with Gasteiger partial charge in [-0.25, -0.2) is 0 Å². The fourth-order valence-corrected chi connectivity index (χ4v) is 0.647. The van der Waals surface area contributed by atoms with Crippen LogP contribution in [-0.2, 0) is 9.53 Å². The van der Waals surface area contributed by atoms with Crippen LogP contribution in [0.15, 0.2) is 0 Å². The van der Waals surface area contributed by atoms with Gasteiger partial charge in [0.25, 0.3) is 0 Å². The molecule has 0 aliphatic heterocycles. The molecule has 0 aromatic rings. The number of carboxylic acid groups (broad SMARTS) is 1. The second kappa shape index (κ2) is 7.50. The Balaban J connectivity index is 2.85. The predicted molar refractivity (Wildman–Crippen MR) is 39.4 cm³/mol. The number of rotatable bonds is 7. The monoisotopic (exact) mass is 162 g/mol. The largest absolute Gasteiger partial charge is 0.481 e. The summed E-state index contributed by atoms with van der Waals surface area (Å²) in [6.45, 7) is 0.903. The van der Waals surface area contributed by atoms with Gasteiger partial charge in [-0.3, -0.25) is 4.79 Å². The molecule has 0 aromatic heterocycles. The number of hydrogen-bond donors (Lipinski definition) is 2. The molecule has 0 saturated heterocycles. The van der Waals surface area contributed by atoms with E-state index in [9.17, 15) is 4.79 Å². The van der Waals surface area contributed by atoms with Gasteiger partial charge in [0.15, 0.2) is 0 Å². The molecule has 0 saturated carbocycles. The van der Waals surface area contributed by atoms with Gasteiger partial charge in [-0.1, -0.05) is 0 Å². The molecule has 4 heteroatoms. The Labute approximate surface area is 65.8 Å². The molecule has 0 aliphatic carbocycles. The Morgan fingerprint density at radius 2 is 2.00 bits per heavy atom. The molecule has 0 aromatic carbocycles. The number of carboxylic acids is 1. The first-order chi connectivity index (χ1) is 5.27. The van der Waals surface area contributed by atoms with Gasteiger partial charge < -0.3 is 14.9 Å². The van der Waals surface area contributed by atoms with Crippen LogP contribution >= 0.6 is 0 Å². The molecule has 0 unspecified atom stereocenters. The van der Waals surface area contributed by atoms with Gasteiger partial charge in [0.1, 0.15) is 0 Å². The first-order valence-corrected chi connectivity index (χ1v) is 3.67. The van der Waals surface area contributed by atoms with E-state index in [0.29, 0.717) is 19.6 Å². The molecule has 0 aliphatic rings. The number of aliphatic carboxylic acids is 1. The van der Waals surface area contributed by atoms with E-state index >= 15 is 0 Å². The van der Waals surface area contributed by atoms with Crippen molar-refractivity contribution < 1.29 is 19.7 Å². The molecule has 0 fully saturated rings. The summed E-state index contributed by atoms with van der Waals surface area (Å²) >= 11 is 0. The lowest BCUT2D eigenvalue weighted by molar-refractivity contribution is -0.137. The van der Waals surface area contributed by atoms with E-state index in [4.69, 9.17) is 14.9 Å². The minimum atomic E-state index is -0.771. The van der Waals surface area contributed by atoms with Crippen molar-refractivity contribution in [2.24, 2.45) is 0 Å². The summed E-state index contributed by atoms with van der Waals surface area (Å²) in [6, 6.07) is 0. The fourth-order valence-electron chi connectivity index (χ4n) is 0.647. The standard InChI is InChI=1S/C7H14O4/c8-4-6-11-5-2-1-3-7(9)10/h8H,1-6H2,(H,9,10). The SMILES string of the molecule is O=C(O)CCCCOCCO. The van der Waals surface area contributed by atoms with Gasteiger partial charge in [0, 0.05) is 13.0 Å².